The summed E-state index contributed by atoms with van der Waals surface area (Å²) in [6, 6.07) is 43.4. The number of anilines is 3. The van der Waals surface area contributed by atoms with Crippen molar-refractivity contribution in [2.45, 2.75) is 6.17 Å². The van der Waals surface area contributed by atoms with Gasteiger partial charge in [-0.2, -0.15) is 0 Å². The van der Waals surface area contributed by atoms with Crippen LogP contribution < -0.4 is 10.2 Å². The molecule has 0 fully saturated rings. The molecule has 0 spiro atoms. The van der Waals surface area contributed by atoms with Gasteiger partial charge in [0.25, 0.3) is 0 Å². The Kier molecular flexibility index (Phi) is 4.76. The molecular weight excluding hydrogens is 482 g/mol. The van der Waals surface area contributed by atoms with Gasteiger partial charge in [-0.25, -0.2) is 4.98 Å². The summed E-state index contributed by atoms with van der Waals surface area (Å²) in [5.41, 5.74) is 7.22. The second kappa shape index (κ2) is 8.44. The largest absolute Gasteiger partial charge is 0.359 e. The van der Waals surface area contributed by atoms with E-state index in [1.165, 1.54) is 60.0 Å². The summed E-state index contributed by atoms with van der Waals surface area (Å²) < 4.78 is 1.28. The molecule has 180 valence electrons. The highest BCUT2D eigenvalue weighted by molar-refractivity contribution is 7.25. The van der Waals surface area contributed by atoms with Gasteiger partial charge in [0.2, 0.25) is 0 Å². The molecule has 4 heteroatoms. The summed E-state index contributed by atoms with van der Waals surface area (Å²) >= 11 is 1.78. The average molecular weight is 506 g/mol. The minimum absolute atomic E-state index is 0.0718. The van der Waals surface area contributed by atoms with Crippen molar-refractivity contribution in [3.05, 3.63) is 133 Å². The SMILES string of the molecule is c1ccc(-c2ccccc2N2c3ccc4ccccc4c3NC2c2cccc3c2sc2ncccc23)cc1. The van der Waals surface area contributed by atoms with Gasteiger partial charge >= 0.3 is 0 Å². The highest BCUT2D eigenvalue weighted by atomic mass is 32.1. The highest BCUT2D eigenvalue weighted by Crippen LogP contribution is 2.52. The third-order valence-corrected chi connectivity index (χ3v) is 8.73. The number of para-hydroxylation sites is 1. The first-order chi connectivity index (χ1) is 18.9. The van der Waals surface area contributed by atoms with Crippen LogP contribution in [0.15, 0.2) is 128 Å². The van der Waals surface area contributed by atoms with E-state index in [2.05, 4.69) is 130 Å². The van der Waals surface area contributed by atoms with Crippen molar-refractivity contribution < 1.29 is 0 Å². The number of thiophene rings is 1. The van der Waals surface area contributed by atoms with Crippen molar-refractivity contribution in [3.8, 4) is 11.1 Å². The fourth-order valence-electron chi connectivity index (χ4n) is 5.85. The van der Waals surface area contributed by atoms with E-state index in [4.69, 9.17) is 0 Å². The molecule has 7 aromatic rings. The third-order valence-electron chi connectivity index (χ3n) is 7.55. The number of benzene rings is 5. The Morgan fingerprint density at radius 1 is 0.632 bits per heavy atom. The Morgan fingerprint density at radius 3 is 2.37 bits per heavy atom. The van der Waals surface area contributed by atoms with Crippen molar-refractivity contribution in [1.82, 2.24) is 4.98 Å². The second-order valence-corrected chi connectivity index (χ2v) is 10.7. The van der Waals surface area contributed by atoms with E-state index in [1.807, 2.05) is 12.3 Å². The number of fused-ring (bicyclic) bond motifs is 6. The molecule has 1 aliphatic heterocycles. The summed E-state index contributed by atoms with van der Waals surface area (Å²) in [5.74, 6) is 0. The zero-order valence-corrected chi connectivity index (χ0v) is 21.3. The second-order valence-electron chi connectivity index (χ2n) is 9.66. The molecule has 0 aliphatic carbocycles. The zero-order chi connectivity index (χ0) is 25.1. The molecule has 1 N–H and O–H groups in total. The Bertz CT molecular complexity index is 1980. The maximum absolute atomic E-state index is 4.68. The minimum atomic E-state index is -0.0718. The standard InChI is InChI=1S/C34H23N3S/c1-2-10-22(11-3-1)24-13-6-7-18-29(24)37-30-20-19-23-12-4-5-14-25(23)31(30)36-33(37)28-16-8-15-26-27-17-9-21-35-34(27)38-32(26)28/h1-21,33,36H. The fourth-order valence-corrected chi connectivity index (χ4v) is 7.03. The van der Waals surface area contributed by atoms with Crippen LogP contribution >= 0.6 is 11.3 Å². The Labute approximate surface area is 224 Å². The van der Waals surface area contributed by atoms with Crippen LogP contribution in [0.1, 0.15) is 11.7 Å². The van der Waals surface area contributed by atoms with Crippen molar-refractivity contribution >= 4 is 59.5 Å². The lowest BCUT2D eigenvalue weighted by Gasteiger charge is -2.29. The van der Waals surface area contributed by atoms with Crippen LogP contribution in [0.5, 0.6) is 0 Å². The van der Waals surface area contributed by atoms with Crippen LogP contribution in [0.4, 0.5) is 17.1 Å². The summed E-state index contributed by atoms with van der Waals surface area (Å²) in [6.45, 7) is 0. The van der Waals surface area contributed by atoms with Gasteiger partial charge in [-0.3, -0.25) is 0 Å². The smallest absolute Gasteiger partial charge is 0.132 e. The van der Waals surface area contributed by atoms with Gasteiger partial charge in [-0.1, -0.05) is 97.1 Å². The van der Waals surface area contributed by atoms with E-state index in [9.17, 15) is 0 Å². The predicted octanol–water partition coefficient (Wildman–Crippen LogP) is 9.53. The normalized spacial score (nSPS) is 14.7. The van der Waals surface area contributed by atoms with Crippen LogP contribution in [0.25, 0.3) is 42.2 Å². The molecule has 1 atom stereocenters. The van der Waals surface area contributed by atoms with Gasteiger partial charge in [-0.15, -0.1) is 11.3 Å². The lowest BCUT2D eigenvalue weighted by atomic mass is 10.0. The highest BCUT2D eigenvalue weighted by Gasteiger charge is 2.35. The maximum atomic E-state index is 4.68. The van der Waals surface area contributed by atoms with Gasteiger partial charge in [0.15, 0.2) is 0 Å². The van der Waals surface area contributed by atoms with Gasteiger partial charge in [-0.05, 0) is 35.2 Å². The summed E-state index contributed by atoms with van der Waals surface area (Å²) in [5, 5.41) is 8.91. The molecule has 38 heavy (non-hydrogen) atoms. The Balaban J connectivity index is 1.41. The average Bonchev–Trinajstić information content (AvgIpc) is 3.57. The molecule has 2 aromatic heterocycles. The van der Waals surface area contributed by atoms with Gasteiger partial charge in [0.1, 0.15) is 11.0 Å². The van der Waals surface area contributed by atoms with E-state index in [1.54, 1.807) is 11.3 Å². The monoisotopic (exact) mass is 505 g/mol. The topological polar surface area (TPSA) is 28.2 Å². The van der Waals surface area contributed by atoms with Gasteiger partial charge < -0.3 is 10.2 Å². The third kappa shape index (κ3) is 3.17. The summed E-state index contributed by atoms with van der Waals surface area (Å²) in [7, 11) is 0. The van der Waals surface area contributed by atoms with Crippen molar-refractivity contribution in [2.75, 3.05) is 10.2 Å². The quantitative estimate of drug-likeness (QED) is 0.259. The van der Waals surface area contributed by atoms with Crippen LogP contribution in [0.2, 0.25) is 0 Å². The molecule has 5 aromatic carbocycles. The molecule has 0 bridgehead atoms. The van der Waals surface area contributed by atoms with Crippen molar-refractivity contribution in [1.29, 1.82) is 0 Å². The molecule has 0 saturated heterocycles. The predicted molar refractivity (Wildman–Crippen MR) is 161 cm³/mol. The number of rotatable bonds is 3. The molecule has 1 aliphatic rings. The van der Waals surface area contributed by atoms with Gasteiger partial charge in [0, 0.05) is 38.2 Å². The van der Waals surface area contributed by atoms with Crippen LogP contribution in [0, 0.1) is 0 Å². The van der Waals surface area contributed by atoms with E-state index in [-0.39, 0.29) is 6.17 Å². The number of hydrogen-bond acceptors (Lipinski definition) is 4. The molecular formula is C34H23N3S. The van der Waals surface area contributed by atoms with Crippen LogP contribution in [-0.2, 0) is 0 Å². The summed E-state index contributed by atoms with van der Waals surface area (Å²) in [6.07, 6.45) is 1.81. The Morgan fingerprint density at radius 2 is 1.42 bits per heavy atom. The number of nitrogens with one attached hydrogen (secondary N) is 1. The molecule has 0 amide bonds. The number of pyridine rings is 1. The first kappa shape index (κ1) is 21.4. The molecule has 8 rings (SSSR count). The van der Waals surface area contributed by atoms with E-state index in [0.717, 1.165) is 4.83 Å². The lowest BCUT2D eigenvalue weighted by molar-refractivity contribution is 0.838. The van der Waals surface area contributed by atoms with E-state index >= 15 is 0 Å². The number of hydrogen-bond donors (Lipinski definition) is 1. The number of nitrogens with zero attached hydrogens (tertiary/aromatic N) is 2. The summed E-state index contributed by atoms with van der Waals surface area (Å²) in [4.78, 5) is 8.24. The zero-order valence-electron chi connectivity index (χ0n) is 20.5. The van der Waals surface area contributed by atoms with Crippen LogP contribution in [0.3, 0.4) is 0 Å². The molecule has 3 heterocycles. The maximum Gasteiger partial charge on any atom is 0.132 e. The molecule has 0 saturated carbocycles. The molecule has 0 radical (unpaired) electrons. The van der Waals surface area contributed by atoms with Crippen molar-refractivity contribution in [3.63, 3.8) is 0 Å². The fraction of sp³-hybridized carbons (Fsp3) is 0.0294. The van der Waals surface area contributed by atoms with Crippen LogP contribution in [-0.4, -0.2) is 4.98 Å². The number of aromatic nitrogens is 1. The van der Waals surface area contributed by atoms with E-state index < -0.39 is 0 Å². The van der Waals surface area contributed by atoms with Crippen molar-refractivity contribution in [2.24, 2.45) is 0 Å². The first-order valence-corrected chi connectivity index (χ1v) is 13.7. The Hall–Kier alpha value is -4.67. The van der Waals surface area contributed by atoms with E-state index in [0.29, 0.717) is 0 Å². The first-order valence-electron chi connectivity index (χ1n) is 12.8. The minimum Gasteiger partial charge on any atom is -0.359 e. The lowest BCUT2D eigenvalue weighted by Crippen LogP contribution is -2.24. The van der Waals surface area contributed by atoms with Gasteiger partial charge in [0.05, 0.1) is 17.1 Å². The molecule has 3 nitrogen and oxygen atoms in total. The molecule has 1 unspecified atom stereocenters.